The van der Waals surface area contributed by atoms with Crippen LogP contribution in [0.15, 0.2) is 30.5 Å². The molecule has 0 aliphatic rings. The molecular formula is C12H6Cl2N2O5. The molecule has 0 atom stereocenters. The number of pyridine rings is 1. The van der Waals surface area contributed by atoms with Gasteiger partial charge in [0.1, 0.15) is 15.8 Å². The number of hydrogen-bond acceptors (Lipinski definition) is 5. The minimum atomic E-state index is -1.23. The third-order valence-corrected chi connectivity index (χ3v) is 3.09. The van der Waals surface area contributed by atoms with Crippen molar-refractivity contribution in [3.05, 3.63) is 56.2 Å². The number of benzene rings is 1. The number of carboxylic acids is 1. The van der Waals surface area contributed by atoms with Crippen LogP contribution in [0.5, 0.6) is 11.6 Å². The normalized spacial score (nSPS) is 10.2. The number of nitro groups is 1. The molecule has 0 fully saturated rings. The predicted octanol–water partition coefficient (Wildman–Crippen LogP) is 3.79. The fourth-order valence-electron chi connectivity index (χ4n) is 1.47. The molecule has 0 spiro atoms. The van der Waals surface area contributed by atoms with Gasteiger partial charge in [-0.2, -0.15) is 0 Å². The van der Waals surface area contributed by atoms with Crippen molar-refractivity contribution in [2.24, 2.45) is 0 Å². The number of aromatic nitrogens is 1. The summed E-state index contributed by atoms with van der Waals surface area (Å²) in [6, 6.07) is 4.90. The molecule has 0 bridgehead atoms. The second-order valence-electron chi connectivity index (χ2n) is 3.76. The maximum atomic E-state index is 10.9. The van der Waals surface area contributed by atoms with E-state index < -0.39 is 10.9 Å². The van der Waals surface area contributed by atoms with Gasteiger partial charge in [0.2, 0.25) is 5.88 Å². The van der Waals surface area contributed by atoms with Crippen molar-refractivity contribution >= 4 is 34.9 Å². The van der Waals surface area contributed by atoms with E-state index in [1.807, 2.05) is 0 Å². The summed E-state index contributed by atoms with van der Waals surface area (Å²) in [5, 5.41) is 19.3. The Hall–Kier alpha value is -2.38. The van der Waals surface area contributed by atoms with E-state index in [9.17, 15) is 14.9 Å². The van der Waals surface area contributed by atoms with Gasteiger partial charge < -0.3 is 9.84 Å². The fourth-order valence-corrected chi connectivity index (χ4v) is 1.94. The topological polar surface area (TPSA) is 103 Å². The lowest BCUT2D eigenvalue weighted by Crippen LogP contribution is -2.00. The van der Waals surface area contributed by atoms with Gasteiger partial charge in [-0.15, -0.1) is 0 Å². The van der Waals surface area contributed by atoms with Gasteiger partial charge >= 0.3 is 5.97 Å². The maximum Gasteiger partial charge on any atom is 0.337 e. The van der Waals surface area contributed by atoms with Crippen LogP contribution < -0.4 is 4.74 Å². The molecule has 0 unspecified atom stereocenters. The molecule has 2 aromatic rings. The molecule has 9 heteroatoms. The third kappa shape index (κ3) is 3.21. The first kappa shape index (κ1) is 15.0. The summed E-state index contributed by atoms with van der Waals surface area (Å²) in [4.78, 5) is 24.8. The molecule has 1 aromatic carbocycles. The van der Waals surface area contributed by atoms with Crippen LogP contribution in [0.3, 0.4) is 0 Å². The third-order valence-electron chi connectivity index (χ3n) is 2.42. The number of nitro benzene ring substituents is 1. The Labute approximate surface area is 127 Å². The number of aromatic carboxylic acids is 1. The van der Waals surface area contributed by atoms with E-state index in [1.165, 1.54) is 24.4 Å². The molecule has 0 saturated heterocycles. The highest BCUT2D eigenvalue weighted by molar-refractivity contribution is 6.34. The molecule has 0 aliphatic heterocycles. The van der Waals surface area contributed by atoms with Gasteiger partial charge in [-0.25, -0.2) is 9.78 Å². The summed E-state index contributed by atoms with van der Waals surface area (Å²) in [5.74, 6) is -1.22. The first-order valence-electron chi connectivity index (χ1n) is 5.39. The van der Waals surface area contributed by atoms with Crippen LogP contribution in [0.4, 0.5) is 5.69 Å². The zero-order chi connectivity index (χ0) is 15.6. The molecule has 0 aliphatic carbocycles. The molecule has 2 rings (SSSR count). The second-order valence-corrected chi connectivity index (χ2v) is 4.54. The minimum Gasteiger partial charge on any atom is -0.478 e. The van der Waals surface area contributed by atoms with E-state index in [0.29, 0.717) is 0 Å². The quantitative estimate of drug-likeness (QED) is 0.676. The van der Waals surface area contributed by atoms with Crippen molar-refractivity contribution in [3.8, 4) is 11.6 Å². The van der Waals surface area contributed by atoms with Gasteiger partial charge in [0, 0.05) is 18.3 Å². The summed E-state index contributed by atoms with van der Waals surface area (Å²) in [5.41, 5.74) is -0.447. The molecule has 1 aromatic heterocycles. The molecule has 21 heavy (non-hydrogen) atoms. The number of nitrogens with zero attached hydrogens (tertiary/aromatic N) is 2. The van der Waals surface area contributed by atoms with Crippen molar-refractivity contribution in [1.29, 1.82) is 0 Å². The van der Waals surface area contributed by atoms with E-state index >= 15 is 0 Å². The summed E-state index contributed by atoms with van der Waals surface area (Å²) >= 11 is 11.6. The summed E-state index contributed by atoms with van der Waals surface area (Å²) in [6.07, 6.45) is 1.22. The smallest absolute Gasteiger partial charge is 0.337 e. The van der Waals surface area contributed by atoms with E-state index in [0.717, 1.165) is 6.07 Å². The lowest BCUT2D eigenvalue weighted by molar-refractivity contribution is -0.384. The molecule has 7 nitrogen and oxygen atoms in total. The average molecular weight is 329 g/mol. The number of rotatable bonds is 4. The molecule has 0 saturated carbocycles. The number of carbonyl (C=O) groups is 1. The van der Waals surface area contributed by atoms with Gasteiger partial charge in [0.25, 0.3) is 5.69 Å². The lowest BCUT2D eigenvalue weighted by atomic mass is 10.2. The van der Waals surface area contributed by atoms with Crippen LogP contribution in [-0.2, 0) is 0 Å². The standard InChI is InChI=1S/C12H6Cl2N2O5/c13-8-5-6(1-2-9(8)16(19)20)21-11-10(14)7(12(17)18)3-4-15-11/h1-5H,(H,17,18). The number of halogens is 2. The number of ether oxygens (including phenoxy) is 1. The van der Waals surface area contributed by atoms with E-state index in [4.69, 9.17) is 33.0 Å². The monoisotopic (exact) mass is 328 g/mol. The zero-order valence-corrected chi connectivity index (χ0v) is 11.6. The summed E-state index contributed by atoms with van der Waals surface area (Å²) < 4.78 is 5.30. The molecule has 1 N–H and O–H groups in total. The first-order valence-corrected chi connectivity index (χ1v) is 6.15. The first-order chi connectivity index (χ1) is 9.90. The van der Waals surface area contributed by atoms with Crippen molar-refractivity contribution < 1.29 is 19.6 Å². The Balaban J connectivity index is 2.35. The van der Waals surface area contributed by atoms with Gasteiger partial charge in [0.15, 0.2) is 0 Å². The average Bonchev–Trinajstić information content (AvgIpc) is 2.40. The van der Waals surface area contributed by atoms with Crippen LogP contribution in [-0.4, -0.2) is 21.0 Å². The van der Waals surface area contributed by atoms with Crippen molar-refractivity contribution in [2.45, 2.75) is 0 Å². The fraction of sp³-hybridized carbons (Fsp3) is 0. The minimum absolute atomic E-state index is 0.122. The van der Waals surface area contributed by atoms with Crippen LogP contribution in [0.25, 0.3) is 0 Å². The molecule has 0 amide bonds. The summed E-state index contributed by atoms with van der Waals surface area (Å²) in [6.45, 7) is 0. The zero-order valence-electron chi connectivity index (χ0n) is 10.1. The number of hydrogen-bond donors (Lipinski definition) is 1. The molecule has 0 radical (unpaired) electrons. The van der Waals surface area contributed by atoms with Gasteiger partial charge in [-0.05, 0) is 12.1 Å². The van der Waals surface area contributed by atoms with E-state index in [2.05, 4.69) is 4.98 Å². The van der Waals surface area contributed by atoms with Gasteiger partial charge in [-0.1, -0.05) is 23.2 Å². The van der Waals surface area contributed by atoms with Gasteiger partial charge in [-0.3, -0.25) is 10.1 Å². The van der Waals surface area contributed by atoms with Crippen molar-refractivity contribution in [2.75, 3.05) is 0 Å². The predicted molar refractivity (Wildman–Crippen MR) is 74.4 cm³/mol. The SMILES string of the molecule is O=C(O)c1ccnc(Oc2ccc([N+](=O)[O-])c(Cl)c2)c1Cl. The Bertz CT molecular complexity index is 736. The van der Waals surface area contributed by atoms with Crippen LogP contribution in [0, 0.1) is 10.1 Å². The molecule has 108 valence electrons. The largest absolute Gasteiger partial charge is 0.478 e. The van der Waals surface area contributed by atoms with Crippen LogP contribution in [0.1, 0.15) is 10.4 Å². The lowest BCUT2D eigenvalue weighted by Gasteiger charge is -2.08. The molecule has 1 heterocycles. The Morgan fingerprint density at radius 1 is 1.33 bits per heavy atom. The maximum absolute atomic E-state index is 10.9. The molecular weight excluding hydrogens is 323 g/mol. The Morgan fingerprint density at radius 2 is 2.05 bits per heavy atom. The van der Waals surface area contributed by atoms with E-state index in [-0.39, 0.29) is 32.9 Å². The summed E-state index contributed by atoms with van der Waals surface area (Å²) in [7, 11) is 0. The van der Waals surface area contributed by atoms with Crippen LogP contribution in [0.2, 0.25) is 10.0 Å². The van der Waals surface area contributed by atoms with E-state index in [1.54, 1.807) is 0 Å². The number of carboxylic acid groups (broad SMARTS) is 1. The second kappa shape index (κ2) is 5.94. The van der Waals surface area contributed by atoms with Crippen LogP contribution >= 0.6 is 23.2 Å². The highest BCUT2D eigenvalue weighted by atomic mass is 35.5. The van der Waals surface area contributed by atoms with Gasteiger partial charge in [0.05, 0.1) is 10.5 Å². The highest BCUT2D eigenvalue weighted by Crippen LogP contribution is 2.33. The Morgan fingerprint density at radius 3 is 2.62 bits per heavy atom. The Kier molecular flexibility index (Phi) is 4.25. The van der Waals surface area contributed by atoms with Crippen molar-refractivity contribution in [1.82, 2.24) is 4.98 Å². The highest BCUT2D eigenvalue weighted by Gasteiger charge is 2.17. The van der Waals surface area contributed by atoms with Crippen molar-refractivity contribution in [3.63, 3.8) is 0 Å².